The predicted molar refractivity (Wildman–Crippen MR) is 126 cm³/mol. The van der Waals surface area contributed by atoms with Crippen LogP contribution in [0.2, 0.25) is 0 Å². The van der Waals surface area contributed by atoms with E-state index in [1.807, 2.05) is 67.6 Å². The Bertz CT molecular complexity index is 886. The predicted octanol–water partition coefficient (Wildman–Crippen LogP) is 5.18. The number of hydrogen-bond donors (Lipinski definition) is 0. The molecule has 0 aliphatic heterocycles. The molecule has 3 aromatic rings. The van der Waals surface area contributed by atoms with E-state index in [2.05, 4.69) is 36.4 Å². The molecule has 3 rings (SSSR count). The number of ether oxygens (including phenoxy) is 1. The van der Waals surface area contributed by atoms with Crippen LogP contribution >= 0.6 is 17.2 Å². The van der Waals surface area contributed by atoms with Gasteiger partial charge in [0.05, 0.1) is 0 Å². The van der Waals surface area contributed by atoms with E-state index in [1.165, 1.54) is 0 Å². The van der Waals surface area contributed by atoms with Crippen molar-refractivity contribution in [2.45, 2.75) is 13.8 Å². The fourth-order valence-electron chi connectivity index (χ4n) is 3.62. The van der Waals surface area contributed by atoms with Gasteiger partial charge >= 0.3 is 178 Å². The van der Waals surface area contributed by atoms with Crippen LogP contribution in [0.5, 0.6) is 0 Å². The van der Waals surface area contributed by atoms with Gasteiger partial charge in [-0.3, -0.25) is 0 Å². The summed E-state index contributed by atoms with van der Waals surface area (Å²) >= 11 is 7.93. The Morgan fingerprint density at radius 1 is 0.828 bits per heavy atom. The molecule has 150 valence electrons. The van der Waals surface area contributed by atoms with Crippen LogP contribution in [-0.2, 0) is 9.53 Å². The van der Waals surface area contributed by atoms with Gasteiger partial charge in [-0.05, 0) is 0 Å². The van der Waals surface area contributed by atoms with Crippen molar-refractivity contribution in [3.63, 3.8) is 0 Å². The minimum absolute atomic E-state index is 0.302. The molecule has 0 spiro atoms. The van der Waals surface area contributed by atoms with E-state index in [0.717, 1.165) is 15.9 Å². The van der Waals surface area contributed by atoms with Gasteiger partial charge in [0.1, 0.15) is 0 Å². The van der Waals surface area contributed by atoms with Crippen molar-refractivity contribution in [1.82, 2.24) is 0 Å². The van der Waals surface area contributed by atoms with Crippen LogP contribution in [0.1, 0.15) is 13.8 Å². The quantitative estimate of drug-likeness (QED) is 0.297. The summed E-state index contributed by atoms with van der Waals surface area (Å²) in [5, 5.41) is 3.22. The SMILES string of the molecule is CCOC(=O)C(C)=CCP(Cl)(c1ccccc1)(c1ccccc1)c1ccccc1. The number of allylic oxidation sites excluding steroid dienone is 1. The Labute approximate surface area is 177 Å². The summed E-state index contributed by atoms with van der Waals surface area (Å²) in [5.41, 5.74) is 0.573. The zero-order valence-corrected chi connectivity index (χ0v) is 18.4. The number of esters is 1. The van der Waals surface area contributed by atoms with E-state index in [1.54, 1.807) is 6.92 Å². The van der Waals surface area contributed by atoms with Gasteiger partial charge in [-0.1, -0.05) is 0 Å². The summed E-state index contributed by atoms with van der Waals surface area (Å²) in [6.07, 6.45) is 2.46. The van der Waals surface area contributed by atoms with E-state index in [0.29, 0.717) is 18.3 Å². The molecule has 2 nitrogen and oxygen atoms in total. The van der Waals surface area contributed by atoms with E-state index >= 15 is 0 Å². The minimum atomic E-state index is -3.38. The van der Waals surface area contributed by atoms with E-state index in [9.17, 15) is 4.79 Å². The molecule has 0 atom stereocenters. The number of carbonyl (C=O) groups is 1. The molecule has 4 heteroatoms. The molecule has 0 aliphatic carbocycles. The van der Waals surface area contributed by atoms with Gasteiger partial charge in [-0.25, -0.2) is 0 Å². The third-order valence-corrected chi connectivity index (χ3v) is 12.4. The van der Waals surface area contributed by atoms with Gasteiger partial charge in [-0.2, -0.15) is 0 Å². The Morgan fingerprint density at radius 3 is 1.55 bits per heavy atom. The van der Waals surface area contributed by atoms with Crippen molar-refractivity contribution >= 4 is 39.1 Å². The van der Waals surface area contributed by atoms with Crippen LogP contribution < -0.4 is 15.9 Å². The molecule has 0 saturated carbocycles. The Kier molecular flexibility index (Phi) is 6.57. The van der Waals surface area contributed by atoms with Crippen LogP contribution in [0.25, 0.3) is 0 Å². The molecule has 0 amide bonds. The summed E-state index contributed by atoms with van der Waals surface area (Å²) in [6, 6.07) is 30.7. The van der Waals surface area contributed by atoms with Gasteiger partial charge in [0, 0.05) is 0 Å². The third-order valence-electron chi connectivity index (χ3n) is 5.22. The topological polar surface area (TPSA) is 26.3 Å². The number of hydrogen-bond acceptors (Lipinski definition) is 2. The fourth-order valence-corrected chi connectivity index (χ4v) is 9.36. The zero-order chi connectivity index (χ0) is 20.8. The molecule has 29 heavy (non-hydrogen) atoms. The Hall–Kier alpha value is -2.41. The Balaban J connectivity index is 2.30. The molecular formula is C25H26ClO2P. The fraction of sp³-hybridized carbons (Fsp3) is 0.160. The second kappa shape index (κ2) is 8.95. The van der Waals surface area contributed by atoms with E-state index < -0.39 is 5.96 Å². The maximum atomic E-state index is 12.3. The van der Waals surface area contributed by atoms with Gasteiger partial charge in [0.15, 0.2) is 0 Å². The van der Waals surface area contributed by atoms with Crippen LogP contribution in [-0.4, -0.2) is 18.7 Å². The molecule has 0 N–H and O–H groups in total. The summed E-state index contributed by atoms with van der Waals surface area (Å²) < 4.78 is 5.18. The average Bonchev–Trinajstić information content (AvgIpc) is 2.79. The molecular weight excluding hydrogens is 399 g/mol. The third kappa shape index (κ3) is 4.01. The summed E-state index contributed by atoms with van der Waals surface area (Å²) in [7, 11) is 0. The first-order valence-corrected chi connectivity index (χ1v) is 13.1. The van der Waals surface area contributed by atoms with Crippen molar-refractivity contribution in [1.29, 1.82) is 0 Å². The zero-order valence-electron chi connectivity index (χ0n) is 16.8. The molecule has 3 aromatic carbocycles. The summed E-state index contributed by atoms with van der Waals surface area (Å²) in [6.45, 7) is 3.95. The van der Waals surface area contributed by atoms with Crippen LogP contribution in [0, 0.1) is 0 Å². The van der Waals surface area contributed by atoms with E-state index in [4.69, 9.17) is 16.0 Å². The first-order chi connectivity index (χ1) is 14.0. The first kappa shape index (κ1) is 21.3. The number of rotatable bonds is 7. The average molecular weight is 425 g/mol. The van der Waals surface area contributed by atoms with Crippen molar-refractivity contribution in [2.75, 3.05) is 12.8 Å². The van der Waals surface area contributed by atoms with Gasteiger partial charge in [0.2, 0.25) is 0 Å². The number of halogens is 1. The first-order valence-electron chi connectivity index (χ1n) is 9.74. The normalized spacial score (nSPS) is 13.3. The Morgan fingerprint density at radius 2 is 1.21 bits per heavy atom. The van der Waals surface area contributed by atoms with Gasteiger partial charge in [-0.15, -0.1) is 0 Å². The maximum absolute atomic E-state index is 12.3. The second-order valence-corrected chi connectivity index (χ2v) is 13.5. The molecule has 0 saturated heterocycles. The molecule has 0 fully saturated rings. The van der Waals surface area contributed by atoms with Crippen molar-refractivity contribution in [3.05, 3.63) is 103 Å². The van der Waals surface area contributed by atoms with E-state index in [-0.39, 0.29) is 5.97 Å². The molecule has 0 unspecified atom stereocenters. The number of benzene rings is 3. The molecule has 0 radical (unpaired) electrons. The molecule has 0 heterocycles. The van der Waals surface area contributed by atoms with Gasteiger partial charge in [0.25, 0.3) is 0 Å². The second-order valence-electron chi connectivity index (χ2n) is 6.98. The monoisotopic (exact) mass is 424 g/mol. The van der Waals surface area contributed by atoms with Crippen molar-refractivity contribution in [2.24, 2.45) is 0 Å². The number of carbonyl (C=O) groups excluding carboxylic acids is 1. The van der Waals surface area contributed by atoms with Crippen LogP contribution in [0.15, 0.2) is 103 Å². The molecule has 0 aliphatic rings. The molecule has 0 aromatic heterocycles. The standard InChI is InChI=1S/C25H26ClO2P/c1-3-28-25(27)21(2)19-20-29(26,22-13-7-4-8-14-22,23-15-9-5-10-16-23)24-17-11-6-12-18-24/h4-19H,3,20H2,1-2H3. The summed E-state index contributed by atoms with van der Waals surface area (Å²) in [4.78, 5) is 12.3. The van der Waals surface area contributed by atoms with Gasteiger partial charge < -0.3 is 0 Å². The van der Waals surface area contributed by atoms with Crippen molar-refractivity contribution in [3.8, 4) is 0 Å². The van der Waals surface area contributed by atoms with Crippen molar-refractivity contribution < 1.29 is 9.53 Å². The molecule has 0 bridgehead atoms. The summed E-state index contributed by atoms with van der Waals surface area (Å²) in [5.74, 6) is -3.68. The van der Waals surface area contributed by atoms with Crippen LogP contribution in [0.3, 0.4) is 0 Å². The van der Waals surface area contributed by atoms with Crippen LogP contribution in [0.4, 0.5) is 0 Å².